The molecule has 0 heterocycles. The monoisotopic (exact) mass is 190 g/mol. The van der Waals surface area contributed by atoms with Crippen molar-refractivity contribution in [3.05, 3.63) is 0 Å². The van der Waals surface area contributed by atoms with E-state index in [1.807, 2.05) is 0 Å². The minimum atomic E-state index is -1.19. The predicted octanol–water partition coefficient (Wildman–Crippen LogP) is 1.15. The quantitative estimate of drug-likeness (QED) is 0.504. The van der Waals surface area contributed by atoms with Gasteiger partial charge in [-0.15, -0.1) is 0 Å². The van der Waals surface area contributed by atoms with E-state index in [2.05, 4.69) is 0 Å². The van der Waals surface area contributed by atoms with Gasteiger partial charge in [-0.1, -0.05) is 0 Å². The van der Waals surface area contributed by atoms with Crippen LogP contribution >= 0.6 is 30.4 Å². The molecule has 0 unspecified atom stereocenters. The van der Waals surface area contributed by atoms with Crippen LogP contribution in [0.3, 0.4) is 0 Å². The largest absolute Gasteiger partial charge is 0.316 e. The maximum atomic E-state index is 4.87. The molecule has 0 N–H and O–H groups in total. The molecule has 0 aliphatic heterocycles. The van der Waals surface area contributed by atoms with Gasteiger partial charge in [0.05, 0.1) is 0 Å². The molecule has 0 fully saturated rings. The van der Waals surface area contributed by atoms with Gasteiger partial charge in [0, 0.05) is 0 Å². The maximum absolute atomic E-state index is 4.87. The molecule has 0 atom stereocenters. The van der Waals surface area contributed by atoms with E-state index in [1.54, 1.807) is 0 Å². The summed E-state index contributed by atoms with van der Waals surface area (Å²) in [5.74, 6) is 0. The molecule has 0 aromatic carbocycles. The topological polar surface area (TPSA) is 0 Å². The van der Waals surface area contributed by atoms with E-state index in [0.717, 1.165) is 0 Å². The Morgan fingerprint density at radius 3 is 1.00 bits per heavy atom. The van der Waals surface area contributed by atoms with Crippen molar-refractivity contribution < 1.29 is 10.9 Å². The summed E-state index contributed by atoms with van der Waals surface area (Å²) in [6, 6.07) is 0. The molecule has 0 amide bonds. The molecule has 34 valence electrons. The zero-order chi connectivity index (χ0) is 3.58. The Kier molecular flexibility index (Phi) is 12.5. The van der Waals surface area contributed by atoms with Crippen LogP contribution in [0, 0.1) is 0 Å². The molecule has 0 aliphatic rings. The molecule has 0 radical (unpaired) electrons. The van der Waals surface area contributed by atoms with Crippen LogP contribution in [-0.4, -0.2) is 23.1 Å². The fraction of sp³-hybridized carbons (Fsp3) is 0. The molecule has 0 aromatic heterocycles. The van der Waals surface area contributed by atoms with Crippen LogP contribution in [0.5, 0.6) is 0 Å². The average molecular weight is 192 g/mol. The number of rotatable bonds is 0. The van der Waals surface area contributed by atoms with Crippen LogP contribution < -0.4 is 0 Å². The summed E-state index contributed by atoms with van der Waals surface area (Å²) >= 11 is 0. The minimum absolute atomic E-state index is 0. The third-order valence-corrected chi connectivity index (χ3v) is 0. The average Bonchev–Trinajstić information content (AvgIpc) is 0.811. The van der Waals surface area contributed by atoms with Crippen molar-refractivity contribution in [2.24, 2.45) is 0 Å². The van der Waals surface area contributed by atoms with Crippen molar-refractivity contribution in [2.75, 3.05) is 0 Å². The Morgan fingerprint density at radius 1 is 1.00 bits per heavy atom. The predicted molar refractivity (Wildman–Crippen MR) is 26.1 cm³/mol. The van der Waals surface area contributed by atoms with E-state index >= 15 is 0 Å². The van der Waals surface area contributed by atoms with Gasteiger partial charge in [-0.3, -0.25) is 0 Å². The SMILES string of the molecule is [Cl][Co]([Cl])[Cl].[MgH2]. The molecule has 5 heavy (non-hydrogen) atoms. The first-order chi connectivity index (χ1) is 1.73. The summed E-state index contributed by atoms with van der Waals surface area (Å²) in [6.45, 7) is 0. The summed E-state index contributed by atoms with van der Waals surface area (Å²) in [4.78, 5) is 0. The van der Waals surface area contributed by atoms with Crippen molar-refractivity contribution in [3.8, 4) is 0 Å². The third-order valence-electron chi connectivity index (χ3n) is 0. The summed E-state index contributed by atoms with van der Waals surface area (Å²) in [5, 5.41) is 0. The van der Waals surface area contributed by atoms with Crippen LogP contribution in [-0.2, 0) is 10.9 Å². The normalized spacial score (nSPS) is 9.00. The molecule has 0 aromatic rings. The van der Waals surface area contributed by atoms with Gasteiger partial charge < -0.3 is 0 Å². The Morgan fingerprint density at radius 2 is 1.00 bits per heavy atom. The van der Waals surface area contributed by atoms with Crippen LogP contribution in [0.1, 0.15) is 0 Å². The van der Waals surface area contributed by atoms with Gasteiger partial charge in [0.1, 0.15) is 0 Å². The first-order valence-electron chi connectivity index (χ1n) is 0.378. The van der Waals surface area contributed by atoms with Gasteiger partial charge in [0.2, 0.25) is 0 Å². The van der Waals surface area contributed by atoms with E-state index in [-0.39, 0.29) is 23.1 Å². The molecule has 0 aliphatic carbocycles. The van der Waals surface area contributed by atoms with Crippen molar-refractivity contribution >= 4 is 53.5 Å². The zero-order valence-corrected chi connectivity index (χ0v) is 4.78. The van der Waals surface area contributed by atoms with Crippen molar-refractivity contribution in [2.45, 2.75) is 0 Å². The summed E-state index contributed by atoms with van der Waals surface area (Å²) < 4.78 is 0. The Balaban J connectivity index is 0. The van der Waals surface area contributed by atoms with Gasteiger partial charge in [-0.05, 0) is 0 Å². The minimum Gasteiger partial charge on any atom is 0.316 e. The second-order valence-electron chi connectivity index (χ2n) is 0.143. The molecule has 0 saturated heterocycles. The summed E-state index contributed by atoms with van der Waals surface area (Å²) in [6.07, 6.45) is 0. The van der Waals surface area contributed by atoms with Gasteiger partial charge in [-0.25, -0.2) is 0 Å². The molecule has 0 saturated carbocycles. The molecular formula is H2Cl3CoMg. The first-order valence-corrected chi connectivity index (χ1v) is 4.68. The van der Waals surface area contributed by atoms with Crippen LogP contribution in [0.25, 0.3) is 0 Å². The number of hydrogen-bond donors (Lipinski definition) is 0. The van der Waals surface area contributed by atoms with Crippen molar-refractivity contribution in [3.63, 3.8) is 0 Å². The summed E-state index contributed by atoms with van der Waals surface area (Å²) in [5.41, 5.74) is 0. The first kappa shape index (κ1) is 10.2. The van der Waals surface area contributed by atoms with E-state index in [4.69, 9.17) is 30.4 Å². The molecule has 0 spiro atoms. The van der Waals surface area contributed by atoms with E-state index in [9.17, 15) is 0 Å². The third kappa shape index (κ3) is 23.0. The van der Waals surface area contributed by atoms with Gasteiger partial charge >= 0.3 is 64.4 Å². The molecular weight excluding hydrogens is 190 g/mol. The van der Waals surface area contributed by atoms with Gasteiger partial charge in [0.25, 0.3) is 0 Å². The maximum Gasteiger partial charge on any atom is 0.316 e. The number of hydrogen-bond acceptors (Lipinski definition) is 0. The van der Waals surface area contributed by atoms with Crippen molar-refractivity contribution in [1.29, 1.82) is 0 Å². The second-order valence-corrected chi connectivity index (χ2v) is 5.30. The fourth-order valence-electron chi connectivity index (χ4n) is 0. The Labute approximate surface area is 63.8 Å². The van der Waals surface area contributed by atoms with Crippen molar-refractivity contribution in [1.82, 2.24) is 0 Å². The van der Waals surface area contributed by atoms with Gasteiger partial charge in [0.15, 0.2) is 0 Å². The number of halogens is 3. The standard InChI is InChI=1S/3ClH.Co.Mg.2H/h3*1H;;;;/q;;;+3;;;/p-3. The second kappa shape index (κ2) is 6.14. The Hall–Kier alpha value is 2.14. The zero-order valence-electron chi connectivity index (χ0n) is 1.47. The molecule has 0 rings (SSSR count). The van der Waals surface area contributed by atoms with Crippen LogP contribution in [0.4, 0.5) is 0 Å². The van der Waals surface area contributed by atoms with E-state index in [1.165, 1.54) is 0 Å². The van der Waals surface area contributed by atoms with Gasteiger partial charge in [-0.2, -0.15) is 0 Å². The Bertz CT molecular complexity index is 11.6. The summed E-state index contributed by atoms with van der Waals surface area (Å²) in [7, 11) is 13.4. The van der Waals surface area contributed by atoms with Crippen LogP contribution in [0.15, 0.2) is 0 Å². The molecule has 0 nitrogen and oxygen atoms in total. The van der Waals surface area contributed by atoms with E-state index in [0.29, 0.717) is 0 Å². The molecule has 5 heteroatoms. The fourth-order valence-corrected chi connectivity index (χ4v) is 0. The molecule has 0 bridgehead atoms. The smallest absolute Gasteiger partial charge is 0.316 e. The van der Waals surface area contributed by atoms with Crippen LogP contribution in [0.2, 0.25) is 0 Å². The van der Waals surface area contributed by atoms with E-state index < -0.39 is 10.9 Å².